The quantitative estimate of drug-likeness (QED) is 0.917. The number of anilines is 1. The number of hydrogen-bond donors (Lipinski definition) is 1. The molecule has 108 valence electrons. The van der Waals surface area contributed by atoms with Crippen LogP contribution in [0.2, 0.25) is 0 Å². The largest absolute Gasteiger partial charge is 0.390 e. The summed E-state index contributed by atoms with van der Waals surface area (Å²) < 4.78 is 5.65. The molecule has 20 heavy (non-hydrogen) atoms. The van der Waals surface area contributed by atoms with Gasteiger partial charge in [0.1, 0.15) is 0 Å². The molecular weight excluding hydrogens is 254 g/mol. The lowest BCUT2D eigenvalue weighted by Gasteiger charge is -2.30. The number of nitrogens with zero attached hydrogens (tertiary/aromatic N) is 1. The molecule has 0 radical (unpaired) electrons. The van der Waals surface area contributed by atoms with E-state index in [1.807, 2.05) is 30.3 Å². The molecule has 2 aliphatic rings. The zero-order valence-electron chi connectivity index (χ0n) is 11.6. The fourth-order valence-electron chi connectivity index (χ4n) is 3.16. The molecule has 4 nitrogen and oxygen atoms in total. The molecule has 2 heterocycles. The third-order valence-electron chi connectivity index (χ3n) is 4.30. The molecule has 1 aromatic carbocycles. The second kappa shape index (κ2) is 5.94. The van der Waals surface area contributed by atoms with Crippen molar-refractivity contribution in [3.8, 4) is 0 Å². The summed E-state index contributed by atoms with van der Waals surface area (Å²) in [5, 5.41) is 10.5. The van der Waals surface area contributed by atoms with Crippen molar-refractivity contribution in [2.75, 3.05) is 18.1 Å². The average Bonchev–Trinajstić information content (AvgIpc) is 2.90. The molecule has 3 atom stereocenters. The van der Waals surface area contributed by atoms with E-state index in [4.69, 9.17) is 4.74 Å². The number of aliphatic hydroxyl groups is 1. The third-order valence-corrected chi connectivity index (χ3v) is 4.30. The summed E-state index contributed by atoms with van der Waals surface area (Å²) in [7, 11) is 0. The van der Waals surface area contributed by atoms with E-state index in [1.54, 1.807) is 4.90 Å². The first-order chi connectivity index (χ1) is 9.75. The summed E-state index contributed by atoms with van der Waals surface area (Å²) in [5.74, 6) is 0.0712. The van der Waals surface area contributed by atoms with Crippen LogP contribution in [0.3, 0.4) is 0 Å². The summed E-state index contributed by atoms with van der Waals surface area (Å²) in [4.78, 5) is 13.9. The Labute approximate surface area is 119 Å². The van der Waals surface area contributed by atoms with E-state index in [0.29, 0.717) is 13.0 Å². The van der Waals surface area contributed by atoms with Gasteiger partial charge >= 0.3 is 0 Å². The van der Waals surface area contributed by atoms with Gasteiger partial charge in [-0.25, -0.2) is 0 Å². The number of carbonyl (C=O) groups excluding carboxylic acids is 1. The molecule has 2 fully saturated rings. The number of rotatable bonds is 3. The van der Waals surface area contributed by atoms with Crippen molar-refractivity contribution in [1.82, 2.24) is 0 Å². The molecule has 2 aliphatic heterocycles. The number of para-hydroxylation sites is 1. The Balaban J connectivity index is 1.67. The average molecular weight is 275 g/mol. The van der Waals surface area contributed by atoms with Crippen LogP contribution >= 0.6 is 0 Å². The topological polar surface area (TPSA) is 49.8 Å². The molecule has 1 N–H and O–H groups in total. The fraction of sp³-hybridized carbons (Fsp3) is 0.562. The highest BCUT2D eigenvalue weighted by Crippen LogP contribution is 2.30. The van der Waals surface area contributed by atoms with Crippen LogP contribution in [0.1, 0.15) is 25.7 Å². The van der Waals surface area contributed by atoms with Gasteiger partial charge in [0.2, 0.25) is 5.91 Å². The molecule has 4 heteroatoms. The second-order valence-electron chi connectivity index (χ2n) is 5.70. The summed E-state index contributed by atoms with van der Waals surface area (Å²) in [6.07, 6.45) is 2.85. The number of ether oxygens (including phenoxy) is 1. The standard InChI is InChI=1S/C16H21NO3/c18-15-10-12(16(19)14-8-4-5-9-20-14)11-17(15)13-6-2-1-3-7-13/h1-3,6-7,12,14,16,19H,4-5,8-11H2. The second-order valence-corrected chi connectivity index (χ2v) is 5.70. The molecule has 1 aromatic rings. The first kappa shape index (κ1) is 13.6. The smallest absolute Gasteiger partial charge is 0.227 e. The minimum atomic E-state index is -0.534. The highest BCUT2D eigenvalue weighted by atomic mass is 16.5. The van der Waals surface area contributed by atoms with Crippen molar-refractivity contribution in [2.45, 2.75) is 37.9 Å². The summed E-state index contributed by atoms with van der Waals surface area (Å²) in [6, 6.07) is 9.66. The van der Waals surface area contributed by atoms with Gasteiger partial charge in [0.15, 0.2) is 0 Å². The molecule has 3 rings (SSSR count). The van der Waals surface area contributed by atoms with Gasteiger partial charge < -0.3 is 14.7 Å². The molecule has 0 bridgehead atoms. The van der Waals surface area contributed by atoms with Crippen LogP contribution < -0.4 is 4.90 Å². The Hall–Kier alpha value is -1.39. The van der Waals surface area contributed by atoms with E-state index in [-0.39, 0.29) is 17.9 Å². The first-order valence-electron chi connectivity index (χ1n) is 7.41. The normalized spacial score (nSPS) is 28.6. The van der Waals surface area contributed by atoms with E-state index in [1.165, 1.54) is 0 Å². The molecule has 0 aliphatic carbocycles. The lowest BCUT2D eigenvalue weighted by molar-refractivity contribution is -0.118. The first-order valence-corrected chi connectivity index (χ1v) is 7.41. The van der Waals surface area contributed by atoms with E-state index >= 15 is 0 Å². The van der Waals surface area contributed by atoms with E-state index in [9.17, 15) is 9.90 Å². The minimum absolute atomic E-state index is 0.0224. The van der Waals surface area contributed by atoms with Gasteiger partial charge in [-0.1, -0.05) is 18.2 Å². The summed E-state index contributed by atoms with van der Waals surface area (Å²) in [5.41, 5.74) is 0.914. The van der Waals surface area contributed by atoms with Crippen LogP contribution in [-0.4, -0.2) is 36.4 Å². The van der Waals surface area contributed by atoms with Crippen LogP contribution in [0, 0.1) is 5.92 Å². The summed E-state index contributed by atoms with van der Waals surface area (Å²) in [6.45, 7) is 1.31. The van der Waals surface area contributed by atoms with Crippen LogP contribution in [0.15, 0.2) is 30.3 Å². The number of hydrogen-bond acceptors (Lipinski definition) is 3. The van der Waals surface area contributed by atoms with Crippen molar-refractivity contribution in [2.24, 2.45) is 5.92 Å². The number of aliphatic hydroxyl groups excluding tert-OH is 1. The molecular formula is C16H21NO3. The van der Waals surface area contributed by atoms with E-state index < -0.39 is 6.10 Å². The van der Waals surface area contributed by atoms with E-state index in [0.717, 1.165) is 31.6 Å². The molecule has 0 aromatic heterocycles. The predicted octanol–water partition coefficient (Wildman–Crippen LogP) is 1.97. The number of benzene rings is 1. The third kappa shape index (κ3) is 2.72. The van der Waals surface area contributed by atoms with Crippen molar-refractivity contribution < 1.29 is 14.6 Å². The Morgan fingerprint density at radius 3 is 2.75 bits per heavy atom. The van der Waals surface area contributed by atoms with E-state index in [2.05, 4.69) is 0 Å². The molecule has 3 unspecified atom stereocenters. The Bertz CT molecular complexity index is 456. The van der Waals surface area contributed by atoms with Crippen molar-refractivity contribution in [3.63, 3.8) is 0 Å². The molecule has 0 saturated carbocycles. The Kier molecular flexibility index (Phi) is 4.03. The zero-order chi connectivity index (χ0) is 13.9. The fourth-order valence-corrected chi connectivity index (χ4v) is 3.16. The van der Waals surface area contributed by atoms with Crippen LogP contribution in [0.25, 0.3) is 0 Å². The van der Waals surface area contributed by atoms with Gasteiger partial charge in [-0.15, -0.1) is 0 Å². The van der Waals surface area contributed by atoms with Gasteiger partial charge in [-0.2, -0.15) is 0 Å². The number of carbonyl (C=O) groups is 1. The summed E-state index contributed by atoms with van der Waals surface area (Å²) >= 11 is 0. The van der Waals surface area contributed by atoms with Crippen LogP contribution in [0.5, 0.6) is 0 Å². The monoisotopic (exact) mass is 275 g/mol. The Morgan fingerprint density at radius 1 is 1.25 bits per heavy atom. The molecule has 1 amide bonds. The Morgan fingerprint density at radius 2 is 2.05 bits per heavy atom. The van der Waals surface area contributed by atoms with Crippen LogP contribution in [0.4, 0.5) is 5.69 Å². The maximum absolute atomic E-state index is 12.1. The minimum Gasteiger partial charge on any atom is -0.390 e. The molecule has 0 spiro atoms. The highest BCUT2D eigenvalue weighted by molar-refractivity contribution is 5.95. The predicted molar refractivity (Wildman–Crippen MR) is 76.5 cm³/mol. The maximum Gasteiger partial charge on any atom is 0.227 e. The van der Waals surface area contributed by atoms with Gasteiger partial charge in [-0.3, -0.25) is 4.79 Å². The zero-order valence-corrected chi connectivity index (χ0v) is 11.6. The van der Waals surface area contributed by atoms with Gasteiger partial charge in [-0.05, 0) is 31.4 Å². The van der Waals surface area contributed by atoms with Crippen molar-refractivity contribution in [1.29, 1.82) is 0 Å². The van der Waals surface area contributed by atoms with Gasteiger partial charge in [0.25, 0.3) is 0 Å². The lowest BCUT2D eigenvalue weighted by Crippen LogP contribution is -2.39. The number of amides is 1. The SMILES string of the molecule is O=C1CC(C(O)C2CCCCO2)CN1c1ccccc1. The van der Waals surface area contributed by atoms with Crippen molar-refractivity contribution >= 4 is 11.6 Å². The van der Waals surface area contributed by atoms with Gasteiger partial charge in [0.05, 0.1) is 12.2 Å². The highest BCUT2D eigenvalue weighted by Gasteiger charge is 2.38. The molecule has 2 saturated heterocycles. The van der Waals surface area contributed by atoms with Gasteiger partial charge in [0, 0.05) is 31.2 Å². The van der Waals surface area contributed by atoms with Crippen LogP contribution in [-0.2, 0) is 9.53 Å². The maximum atomic E-state index is 12.1. The van der Waals surface area contributed by atoms with Crippen molar-refractivity contribution in [3.05, 3.63) is 30.3 Å². The lowest BCUT2D eigenvalue weighted by atomic mass is 9.93.